The zero-order chi connectivity index (χ0) is 18.5. The number of aliphatic hydroxyl groups is 1. The number of aryl methyl sites for hydroxylation is 1. The SMILES string of the molecule is CCc1c(CCC=O)nc(Cl)nc1NCc1cccc(N2CC(O)C2)c1. The molecule has 2 heterocycles. The second kappa shape index (κ2) is 8.47. The van der Waals surface area contributed by atoms with Crippen LogP contribution in [0.25, 0.3) is 0 Å². The van der Waals surface area contributed by atoms with Crippen molar-refractivity contribution in [1.29, 1.82) is 0 Å². The van der Waals surface area contributed by atoms with E-state index in [0.717, 1.165) is 41.0 Å². The van der Waals surface area contributed by atoms with Crippen molar-refractivity contribution in [3.05, 3.63) is 46.4 Å². The topological polar surface area (TPSA) is 78.4 Å². The summed E-state index contributed by atoms with van der Waals surface area (Å²) in [5.41, 5.74) is 4.05. The molecule has 2 aromatic rings. The average Bonchev–Trinajstić information content (AvgIpc) is 2.62. The molecule has 0 atom stereocenters. The first kappa shape index (κ1) is 18.6. The minimum Gasteiger partial charge on any atom is -0.389 e. The van der Waals surface area contributed by atoms with Crippen LogP contribution in [-0.2, 0) is 24.2 Å². The molecule has 0 radical (unpaired) electrons. The predicted molar refractivity (Wildman–Crippen MR) is 103 cm³/mol. The summed E-state index contributed by atoms with van der Waals surface area (Å²) in [6.45, 7) is 4.01. The monoisotopic (exact) mass is 374 g/mol. The smallest absolute Gasteiger partial charge is 0.224 e. The number of anilines is 2. The van der Waals surface area contributed by atoms with E-state index in [1.165, 1.54) is 0 Å². The number of rotatable bonds is 8. The molecule has 1 saturated heterocycles. The summed E-state index contributed by atoms with van der Waals surface area (Å²) >= 11 is 6.07. The normalized spacial score (nSPS) is 14.2. The molecule has 1 aliphatic heterocycles. The van der Waals surface area contributed by atoms with E-state index in [4.69, 9.17) is 11.6 Å². The molecule has 0 aliphatic carbocycles. The Morgan fingerprint density at radius 3 is 2.88 bits per heavy atom. The number of β-amino-alcohol motifs (C(OH)–C–C–N with tert-alkyl or cyclic N) is 1. The number of hydrogen-bond donors (Lipinski definition) is 2. The van der Waals surface area contributed by atoms with E-state index >= 15 is 0 Å². The predicted octanol–water partition coefficient (Wildman–Crippen LogP) is 2.62. The van der Waals surface area contributed by atoms with E-state index in [1.54, 1.807) is 0 Å². The number of aromatic nitrogens is 2. The lowest BCUT2D eigenvalue weighted by molar-refractivity contribution is -0.107. The van der Waals surface area contributed by atoms with Gasteiger partial charge in [0, 0.05) is 37.3 Å². The van der Waals surface area contributed by atoms with E-state index in [9.17, 15) is 9.90 Å². The molecule has 1 aromatic heterocycles. The summed E-state index contributed by atoms with van der Waals surface area (Å²) in [6, 6.07) is 8.22. The quantitative estimate of drug-likeness (QED) is 0.546. The minimum absolute atomic E-state index is 0.189. The maximum absolute atomic E-state index is 10.7. The molecule has 3 rings (SSSR count). The first-order chi connectivity index (χ1) is 12.6. The van der Waals surface area contributed by atoms with Gasteiger partial charge >= 0.3 is 0 Å². The van der Waals surface area contributed by atoms with Crippen molar-refractivity contribution >= 4 is 29.4 Å². The Kier molecular flexibility index (Phi) is 6.06. The summed E-state index contributed by atoms with van der Waals surface area (Å²) in [5, 5.41) is 13.0. The van der Waals surface area contributed by atoms with Gasteiger partial charge in [0.1, 0.15) is 12.1 Å². The first-order valence-electron chi connectivity index (χ1n) is 8.85. The van der Waals surface area contributed by atoms with Crippen molar-refractivity contribution in [2.45, 2.75) is 38.8 Å². The highest BCUT2D eigenvalue weighted by molar-refractivity contribution is 6.28. The van der Waals surface area contributed by atoms with Crippen LogP contribution >= 0.6 is 11.6 Å². The van der Waals surface area contributed by atoms with Gasteiger partial charge in [-0.15, -0.1) is 0 Å². The fourth-order valence-corrected chi connectivity index (χ4v) is 3.32. The van der Waals surface area contributed by atoms with Crippen LogP contribution in [0, 0.1) is 0 Å². The van der Waals surface area contributed by atoms with E-state index in [0.29, 0.717) is 32.5 Å². The Morgan fingerprint density at radius 2 is 2.19 bits per heavy atom. The lowest BCUT2D eigenvalue weighted by atomic mass is 10.1. The van der Waals surface area contributed by atoms with Crippen LogP contribution in [0.3, 0.4) is 0 Å². The second-order valence-corrected chi connectivity index (χ2v) is 6.75. The van der Waals surface area contributed by atoms with Gasteiger partial charge in [0.05, 0.1) is 11.8 Å². The Labute approximate surface area is 158 Å². The second-order valence-electron chi connectivity index (χ2n) is 6.41. The molecule has 6 nitrogen and oxygen atoms in total. The van der Waals surface area contributed by atoms with E-state index in [-0.39, 0.29) is 11.4 Å². The van der Waals surface area contributed by atoms with Crippen LogP contribution in [-0.4, -0.2) is 40.6 Å². The van der Waals surface area contributed by atoms with Gasteiger partial charge in [0.25, 0.3) is 0 Å². The molecule has 0 saturated carbocycles. The van der Waals surface area contributed by atoms with Crippen molar-refractivity contribution < 1.29 is 9.90 Å². The molecular weight excluding hydrogens is 352 g/mol. The maximum atomic E-state index is 10.7. The third-order valence-electron chi connectivity index (χ3n) is 4.52. The molecular formula is C19H23ClN4O2. The zero-order valence-corrected chi connectivity index (χ0v) is 15.5. The number of aliphatic hydroxyl groups excluding tert-OH is 1. The van der Waals surface area contributed by atoms with Crippen molar-refractivity contribution in [1.82, 2.24) is 9.97 Å². The van der Waals surface area contributed by atoms with E-state index in [2.05, 4.69) is 32.3 Å². The highest BCUT2D eigenvalue weighted by Gasteiger charge is 2.24. The summed E-state index contributed by atoms with van der Waals surface area (Å²) in [5.74, 6) is 0.721. The van der Waals surface area contributed by atoms with Crippen LogP contribution in [0.5, 0.6) is 0 Å². The van der Waals surface area contributed by atoms with E-state index < -0.39 is 0 Å². The number of carbonyl (C=O) groups is 1. The fourth-order valence-electron chi connectivity index (χ4n) is 3.14. The standard InChI is InChI=1S/C19H23ClN4O2/c1-2-16-17(7-4-8-25)22-19(20)23-18(16)21-10-13-5-3-6-14(9-13)24-11-15(26)12-24/h3,5-6,8-9,15,26H,2,4,7,10-12H2,1H3,(H,21,22,23). The lowest BCUT2D eigenvalue weighted by Crippen LogP contribution is -2.50. The highest BCUT2D eigenvalue weighted by atomic mass is 35.5. The van der Waals surface area contributed by atoms with Gasteiger partial charge in [-0.2, -0.15) is 0 Å². The number of aldehydes is 1. The van der Waals surface area contributed by atoms with Crippen LogP contribution in [0.15, 0.2) is 24.3 Å². The molecule has 0 bridgehead atoms. The average molecular weight is 375 g/mol. The number of nitrogens with one attached hydrogen (secondary N) is 1. The number of halogens is 1. The number of hydrogen-bond acceptors (Lipinski definition) is 6. The lowest BCUT2D eigenvalue weighted by Gasteiger charge is -2.38. The van der Waals surface area contributed by atoms with Gasteiger partial charge in [-0.25, -0.2) is 9.97 Å². The summed E-state index contributed by atoms with van der Waals surface area (Å²) in [4.78, 5) is 21.4. The Hall–Kier alpha value is -2.18. The number of benzene rings is 1. The Bertz CT molecular complexity index is 778. The van der Waals surface area contributed by atoms with E-state index in [1.807, 2.05) is 19.1 Å². The van der Waals surface area contributed by atoms with Crippen LogP contribution in [0.4, 0.5) is 11.5 Å². The van der Waals surface area contributed by atoms with Gasteiger partial charge in [-0.05, 0) is 42.1 Å². The number of nitrogens with zero attached hydrogens (tertiary/aromatic N) is 3. The van der Waals surface area contributed by atoms with Gasteiger partial charge in [0.2, 0.25) is 5.28 Å². The highest BCUT2D eigenvalue weighted by Crippen LogP contribution is 2.24. The molecule has 1 fully saturated rings. The molecule has 2 N–H and O–H groups in total. The molecule has 7 heteroatoms. The van der Waals surface area contributed by atoms with Crippen LogP contribution in [0.1, 0.15) is 30.2 Å². The van der Waals surface area contributed by atoms with Gasteiger partial charge in [-0.1, -0.05) is 19.1 Å². The van der Waals surface area contributed by atoms with Gasteiger partial charge in [-0.3, -0.25) is 0 Å². The molecule has 0 amide bonds. The molecule has 1 aromatic carbocycles. The molecule has 0 unspecified atom stereocenters. The Balaban J connectivity index is 1.74. The van der Waals surface area contributed by atoms with Crippen molar-refractivity contribution in [2.75, 3.05) is 23.3 Å². The molecule has 0 spiro atoms. The van der Waals surface area contributed by atoms with Crippen molar-refractivity contribution in [3.63, 3.8) is 0 Å². The number of carbonyl (C=O) groups excluding carboxylic acids is 1. The summed E-state index contributed by atoms with van der Waals surface area (Å²) in [7, 11) is 0. The van der Waals surface area contributed by atoms with Crippen molar-refractivity contribution in [2.24, 2.45) is 0 Å². The maximum Gasteiger partial charge on any atom is 0.224 e. The fraction of sp³-hybridized carbons (Fsp3) is 0.421. The van der Waals surface area contributed by atoms with Crippen LogP contribution in [0.2, 0.25) is 5.28 Å². The first-order valence-corrected chi connectivity index (χ1v) is 9.23. The van der Waals surface area contributed by atoms with Gasteiger partial charge in [0.15, 0.2) is 0 Å². The molecule has 138 valence electrons. The largest absolute Gasteiger partial charge is 0.389 e. The third kappa shape index (κ3) is 4.31. The Morgan fingerprint density at radius 1 is 1.38 bits per heavy atom. The van der Waals surface area contributed by atoms with Crippen molar-refractivity contribution in [3.8, 4) is 0 Å². The summed E-state index contributed by atoms with van der Waals surface area (Å²) in [6.07, 6.45) is 2.41. The van der Waals surface area contributed by atoms with Gasteiger partial charge < -0.3 is 20.1 Å². The summed E-state index contributed by atoms with van der Waals surface area (Å²) < 4.78 is 0. The third-order valence-corrected chi connectivity index (χ3v) is 4.68. The van der Waals surface area contributed by atoms with Crippen LogP contribution < -0.4 is 10.2 Å². The molecule has 26 heavy (non-hydrogen) atoms. The minimum atomic E-state index is -0.225. The zero-order valence-electron chi connectivity index (χ0n) is 14.8. The molecule has 1 aliphatic rings.